The summed E-state index contributed by atoms with van der Waals surface area (Å²) < 4.78 is 15.4. The summed E-state index contributed by atoms with van der Waals surface area (Å²) in [4.78, 5) is 15.5. The van der Waals surface area contributed by atoms with Crippen LogP contribution in [0.3, 0.4) is 0 Å². The number of unbranched alkanes of at least 4 members (excludes halogenated alkanes) is 1. The Bertz CT molecular complexity index is 1180. The molecule has 0 aliphatic rings. The minimum absolute atomic E-state index is 0.0143. The molecule has 3 aromatic carbocycles. The number of amides is 1. The monoisotopic (exact) mass is 454 g/mol. The third-order valence-corrected chi connectivity index (χ3v) is 6.07. The second kappa shape index (κ2) is 11.5. The van der Waals surface area contributed by atoms with Crippen LogP contribution in [0, 0.1) is 5.82 Å². The van der Waals surface area contributed by atoms with Gasteiger partial charge in [0, 0.05) is 30.5 Å². The number of carbonyl (C=O) groups excluding carboxylic acids is 1. The summed E-state index contributed by atoms with van der Waals surface area (Å²) in [6, 6.07) is 28.7. The highest BCUT2D eigenvalue weighted by Crippen LogP contribution is 2.17. The Kier molecular flexibility index (Phi) is 7.92. The topological polar surface area (TPSA) is 25.2 Å². The van der Waals surface area contributed by atoms with Crippen molar-refractivity contribution in [3.8, 4) is 0 Å². The van der Waals surface area contributed by atoms with Gasteiger partial charge in [0.2, 0.25) is 0 Å². The Labute approximate surface area is 201 Å². The van der Waals surface area contributed by atoms with Gasteiger partial charge >= 0.3 is 0 Å². The van der Waals surface area contributed by atoms with Crippen molar-refractivity contribution in [2.45, 2.75) is 45.8 Å². The van der Waals surface area contributed by atoms with Gasteiger partial charge in [0.15, 0.2) is 0 Å². The normalized spacial score (nSPS) is 10.9. The number of halogens is 1. The molecule has 4 rings (SSSR count). The van der Waals surface area contributed by atoms with Crippen molar-refractivity contribution in [2.24, 2.45) is 0 Å². The SMILES string of the molecule is CCCCc1ccc(C(=O)N(Cc2ccccc2)Cc2cccn2Cc2ccc(F)cc2)cc1. The molecule has 0 radical (unpaired) electrons. The van der Waals surface area contributed by atoms with E-state index in [1.165, 1.54) is 17.7 Å². The van der Waals surface area contributed by atoms with Crippen LogP contribution in [0.5, 0.6) is 0 Å². The zero-order chi connectivity index (χ0) is 23.8. The molecule has 1 amide bonds. The largest absolute Gasteiger partial charge is 0.345 e. The fraction of sp³-hybridized carbons (Fsp3) is 0.233. The Morgan fingerprint density at radius 3 is 2.21 bits per heavy atom. The summed E-state index contributed by atoms with van der Waals surface area (Å²) in [7, 11) is 0. The number of aromatic nitrogens is 1. The predicted octanol–water partition coefficient (Wildman–Crippen LogP) is 6.86. The molecular weight excluding hydrogens is 423 g/mol. The lowest BCUT2D eigenvalue weighted by atomic mass is 10.1. The Balaban J connectivity index is 1.55. The first-order chi connectivity index (χ1) is 16.6. The highest BCUT2D eigenvalue weighted by molar-refractivity contribution is 5.94. The minimum Gasteiger partial charge on any atom is -0.345 e. The fourth-order valence-corrected chi connectivity index (χ4v) is 4.11. The molecular formula is C30H31FN2O. The molecule has 0 bridgehead atoms. The molecule has 34 heavy (non-hydrogen) atoms. The van der Waals surface area contributed by atoms with Gasteiger partial charge in [0.25, 0.3) is 5.91 Å². The van der Waals surface area contributed by atoms with Crippen LogP contribution < -0.4 is 0 Å². The minimum atomic E-state index is -0.239. The molecule has 174 valence electrons. The van der Waals surface area contributed by atoms with Crippen LogP contribution in [-0.4, -0.2) is 15.4 Å². The number of rotatable bonds is 10. The fourth-order valence-electron chi connectivity index (χ4n) is 4.11. The van der Waals surface area contributed by atoms with E-state index in [1.54, 1.807) is 12.1 Å². The van der Waals surface area contributed by atoms with Crippen LogP contribution in [0.2, 0.25) is 0 Å². The maximum atomic E-state index is 13.6. The van der Waals surface area contributed by atoms with Crippen LogP contribution in [0.4, 0.5) is 4.39 Å². The van der Waals surface area contributed by atoms with Crippen LogP contribution >= 0.6 is 0 Å². The van der Waals surface area contributed by atoms with Gasteiger partial charge in [-0.1, -0.05) is 67.9 Å². The number of hydrogen-bond acceptors (Lipinski definition) is 1. The molecule has 0 aliphatic carbocycles. The summed E-state index contributed by atoms with van der Waals surface area (Å²) in [5.41, 5.74) is 5.11. The smallest absolute Gasteiger partial charge is 0.254 e. The van der Waals surface area contributed by atoms with Gasteiger partial charge in [-0.05, 0) is 65.9 Å². The average Bonchev–Trinajstić information content (AvgIpc) is 3.30. The van der Waals surface area contributed by atoms with E-state index in [0.29, 0.717) is 25.2 Å². The van der Waals surface area contributed by atoms with Crippen molar-refractivity contribution >= 4 is 5.91 Å². The van der Waals surface area contributed by atoms with Crippen molar-refractivity contribution in [3.63, 3.8) is 0 Å². The zero-order valence-electron chi connectivity index (χ0n) is 19.7. The molecule has 0 N–H and O–H groups in total. The Morgan fingerprint density at radius 1 is 0.794 bits per heavy atom. The lowest BCUT2D eigenvalue weighted by molar-refractivity contribution is 0.0726. The first kappa shape index (κ1) is 23.5. The van der Waals surface area contributed by atoms with E-state index in [2.05, 4.69) is 23.6 Å². The third kappa shape index (κ3) is 6.22. The molecule has 3 nitrogen and oxygen atoms in total. The number of carbonyl (C=O) groups is 1. The number of nitrogens with zero attached hydrogens (tertiary/aromatic N) is 2. The van der Waals surface area contributed by atoms with E-state index in [4.69, 9.17) is 0 Å². The van der Waals surface area contributed by atoms with E-state index in [1.807, 2.05) is 65.7 Å². The molecule has 0 unspecified atom stereocenters. The van der Waals surface area contributed by atoms with Crippen molar-refractivity contribution in [2.75, 3.05) is 0 Å². The summed E-state index contributed by atoms with van der Waals surface area (Å²) in [6.07, 6.45) is 5.35. The van der Waals surface area contributed by atoms with Gasteiger partial charge in [-0.25, -0.2) is 4.39 Å². The molecule has 0 saturated heterocycles. The molecule has 0 fully saturated rings. The first-order valence-corrected chi connectivity index (χ1v) is 11.9. The second-order valence-corrected chi connectivity index (χ2v) is 8.70. The first-order valence-electron chi connectivity index (χ1n) is 11.9. The summed E-state index contributed by atoms with van der Waals surface area (Å²) in [5, 5.41) is 0. The standard InChI is InChI=1S/C30H31FN2O/c1-2-3-8-24-12-16-27(17-13-24)30(34)33(22-25-9-5-4-6-10-25)23-29-11-7-20-32(29)21-26-14-18-28(31)19-15-26/h4-7,9-20H,2-3,8,21-23H2,1H3. The molecule has 0 aliphatic heterocycles. The maximum Gasteiger partial charge on any atom is 0.254 e. The van der Waals surface area contributed by atoms with Crippen molar-refractivity contribution in [1.82, 2.24) is 9.47 Å². The molecule has 0 saturated carbocycles. The molecule has 4 aromatic rings. The van der Waals surface area contributed by atoms with E-state index in [-0.39, 0.29) is 11.7 Å². The average molecular weight is 455 g/mol. The van der Waals surface area contributed by atoms with Gasteiger partial charge in [-0.15, -0.1) is 0 Å². The molecule has 0 spiro atoms. The molecule has 0 atom stereocenters. The Morgan fingerprint density at radius 2 is 1.50 bits per heavy atom. The lowest BCUT2D eigenvalue weighted by Crippen LogP contribution is -2.31. The van der Waals surface area contributed by atoms with Gasteiger partial charge < -0.3 is 9.47 Å². The third-order valence-electron chi connectivity index (χ3n) is 6.07. The number of aryl methyl sites for hydroxylation is 1. The van der Waals surface area contributed by atoms with Gasteiger partial charge in [-0.2, -0.15) is 0 Å². The van der Waals surface area contributed by atoms with Crippen LogP contribution in [0.15, 0.2) is 97.2 Å². The van der Waals surface area contributed by atoms with E-state index >= 15 is 0 Å². The molecule has 1 aromatic heterocycles. The van der Waals surface area contributed by atoms with Gasteiger partial charge in [0.05, 0.1) is 6.54 Å². The lowest BCUT2D eigenvalue weighted by Gasteiger charge is -2.24. The number of benzene rings is 3. The van der Waals surface area contributed by atoms with E-state index in [9.17, 15) is 9.18 Å². The van der Waals surface area contributed by atoms with Gasteiger partial charge in [-0.3, -0.25) is 4.79 Å². The summed E-state index contributed by atoms with van der Waals surface area (Å²) >= 11 is 0. The maximum absolute atomic E-state index is 13.6. The van der Waals surface area contributed by atoms with Crippen molar-refractivity contribution in [3.05, 3.63) is 131 Å². The summed E-state index contributed by atoms with van der Waals surface area (Å²) in [6.45, 7) is 3.83. The number of hydrogen-bond donors (Lipinski definition) is 0. The van der Waals surface area contributed by atoms with Crippen molar-refractivity contribution in [1.29, 1.82) is 0 Å². The molecule has 4 heteroatoms. The van der Waals surface area contributed by atoms with Crippen LogP contribution in [-0.2, 0) is 26.1 Å². The highest BCUT2D eigenvalue weighted by atomic mass is 19.1. The van der Waals surface area contributed by atoms with E-state index < -0.39 is 0 Å². The predicted molar refractivity (Wildman–Crippen MR) is 135 cm³/mol. The zero-order valence-corrected chi connectivity index (χ0v) is 19.7. The van der Waals surface area contributed by atoms with Crippen LogP contribution in [0.25, 0.3) is 0 Å². The van der Waals surface area contributed by atoms with Crippen molar-refractivity contribution < 1.29 is 9.18 Å². The van der Waals surface area contributed by atoms with Gasteiger partial charge in [0.1, 0.15) is 5.82 Å². The quantitative estimate of drug-likeness (QED) is 0.257. The second-order valence-electron chi connectivity index (χ2n) is 8.70. The molecule has 1 heterocycles. The van der Waals surface area contributed by atoms with Crippen LogP contribution in [0.1, 0.15) is 52.5 Å². The Hall–Kier alpha value is -3.66. The summed E-state index contributed by atoms with van der Waals surface area (Å²) in [5.74, 6) is -0.225. The highest BCUT2D eigenvalue weighted by Gasteiger charge is 2.18. The van der Waals surface area contributed by atoms with E-state index in [0.717, 1.165) is 36.1 Å².